The molecule has 0 heterocycles. The molecule has 0 saturated carbocycles. The van der Waals surface area contributed by atoms with E-state index in [0.717, 1.165) is 43.8 Å². The molecular formula is C13H25NO2S. The minimum absolute atomic E-state index is 0.0666. The van der Waals surface area contributed by atoms with Gasteiger partial charge in [-0.25, -0.2) is 0 Å². The highest BCUT2D eigenvalue weighted by atomic mass is 32.1. The number of rotatable bonds is 8. The van der Waals surface area contributed by atoms with Crippen LogP contribution in [0.5, 0.6) is 0 Å². The molecular weight excluding hydrogens is 234 g/mol. The number of carbonyl (C=O) groups excluding carboxylic acids is 1. The van der Waals surface area contributed by atoms with E-state index < -0.39 is 0 Å². The van der Waals surface area contributed by atoms with E-state index in [9.17, 15) is 4.79 Å². The Morgan fingerprint density at radius 1 is 1.29 bits per heavy atom. The number of hydrogen-bond donors (Lipinski definition) is 0. The molecule has 0 saturated heterocycles. The molecule has 0 aromatic rings. The fraction of sp³-hybridized carbons (Fsp3) is 0.846. The van der Waals surface area contributed by atoms with Crippen LogP contribution >= 0.6 is 12.2 Å². The molecule has 3 nitrogen and oxygen atoms in total. The van der Waals surface area contributed by atoms with E-state index in [2.05, 4.69) is 18.7 Å². The van der Waals surface area contributed by atoms with E-state index in [-0.39, 0.29) is 11.9 Å². The summed E-state index contributed by atoms with van der Waals surface area (Å²) in [6, 6.07) is 0. The minimum Gasteiger partial charge on any atom is -0.469 e. The van der Waals surface area contributed by atoms with Crippen LogP contribution in [0.25, 0.3) is 0 Å². The minimum atomic E-state index is -0.148. The van der Waals surface area contributed by atoms with Gasteiger partial charge in [0.05, 0.1) is 18.0 Å². The van der Waals surface area contributed by atoms with Gasteiger partial charge in [0.1, 0.15) is 0 Å². The molecule has 0 aliphatic rings. The summed E-state index contributed by atoms with van der Waals surface area (Å²) in [6.45, 7) is 8.22. The lowest BCUT2D eigenvalue weighted by molar-refractivity contribution is -0.144. The Hall–Kier alpha value is -0.640. The van der Waals surface area contributed by atoms with Crippen molar-refractivity contribution < 1.29 is 9.53 Å². The van der Waals surface area contributed by atoms with E-state index in [4.69, 9.17) is 17.0 Å². The Balaban J connectivity index is 4.08. The molecule has 4 heteroatoms. The molecule has 0 bridgehead atoms. The van der Waals surface area contributed by atoms with Gasteiger partial charge in [0, 0.05) is 13.1 Å². The van der Waals surface area contributed by atoms with Crippen LogP contribution in [0.2, 0.25) is 0 Å². The van der Waals surface area contributed by atoms with Crippen LogP contribution in [0.3, 0.4) is 0 Å². The van der Waals surface area contributed by atoms with Crippen molar-refractivity contribution >= 4 is 23.2 Å². The van der Waals surface area contributed by atoms with Crippen LogP contribution < -0.4 is 0 Å². The third kappa shape index (κ3) is 6.61. The first kappa shape index (κ1) is 16.4. The van der Waals surface area contributed by atoms with Gasteiger partial charge in [0.25, 0.3) is 0 Å². The van der Waals surface area contributed by atoms with Gasteiger partial charge >= 0.3 is 5.97 Å². The van der Waals surface area contributed by atoms with Gasteiger partial charge in [-0.1, -0.05) is 33.0 Å². The highest BCUT2D eigenvalue weighted by Gasteiger charge is 2.15. The summed E-state index contributed by atoms with van der Waals surface area (Å²) in [5, 5.41) is 0. The molecule has 0 aromatic carbocycles. The zero-order valence-corrected chi connectivity index (χ0v) is 12.3. The maximum absolute atomic E-state index is 11.3. The molecule has 0 spiro atoms. The average Bonchev–Trinajstić information content (AvgIpc) is 2.34. The smallest absolute Gasteiger partial charge is 0.308 e. The summed E-state index contributed by atoms with van der Waals surface area (Å²) < 4.78 is 4.70. The fourth-order valence-electron chi connectivity index (χ4n) is 1.72. The normalized spacial score (nSPS) is 12.0. The van der Waals surface area contributed by atoms with Crippen molar-refractivity contribution in [2.45, 2.75) is 46.5 Å². The van der Waals surface area contributed by atoms with E-state index in [1.807, 2.05) is 6.92 Å². The second kappa shape index (κ2) is 9.40. The van der Waals surface area contributed by atoms with Crippen LogP contribution in [0.15, 0.2) is 0 Å². The molecule has 1 atom stereocenters. The third-order valence-electron chi connectivity index (χ3n) is 2.73. The molecule has 0 radical (unpaired) electrons. The number of esters is 1. The predicted molar refractivity (Wildman–Crippen MR) is 75.2 cm³/mol. The third-order valence-corrected chi connectivity index (χ3v) is 3.20. The van der Waals surface area contributed by atoms with Crippen molar-refractivity contribution in [3.63, 3.8) is 0 Å². The maximum atomic E-state index is 11.3. The first-order chi connectivity index (χ1) is 8.06. The van der Waals surface area contributed by atoms with Gasteiger partial charge in [0.15, 0.2) is 0 Å². The summed E-state index contributed by atoms with van der Waals surface area (Å²) in [7, 11) is 1.43. The Labute approximate surface area is 111 Å². The summed E-state index contributed by atoms with van der Waals surface area (Å²) in [5.74, 6) is -0.214. The average molecular weight is 259 g/mol. The first-order valence-electron chi connectivity index (χ1n) is 6.42. The zero-order valence-electron chi connectivity index (χ0n) is 11.5. The lowest BCUT2D eigenvalue weighted by Crippen LogP contribution is -2.31. The van der Waals surface area contributed by atoms with E-state index in [1.165, 1.54) is 7.11 Å². The monoisotopic (exact) mass is 259 g/mol. The first-order valence-corrected chi connectivity index (χ1v) is 6.83. The van der Waals surface area contributed by atoms with Gasteiger partial charge in [-0.2, -0.15) is 0 Å². The van der Waals surface area contributed by atoms with E-state index in [1.54, 1.807) is 0 Å². The van der Waals surface area contributed by atoms with Gasteiger partial charge in [0.2, 0.25) is 0 Å². The molecule has 100 valence electrons. The Bertz CT molecular complexity index is 238. The second-order valence-corrected chi connectivity index (χ2v) is 4.81. The Morgan fingerprint density at radius 3 is 2.24 bits per heavy atom. The zero-order chi connectivity index (χ0) is 13.3. The van der Waals surface area contributed by atoms with Crippen molar-refractivity contribution in [2.75, 3.05) is 20.2 Å². The molecule has 1 unspecified atom stereocenters. The highest BCUT2D eigenvalue weighted by molar-refractivity contribution is 7.80. The predicted octanol–water partition coefficient (Wildman–Crippen LogP) is 3.03. The lowest BCUT2D eigenvalue weighted by Gasteiger charge is -2.24. The fourth-order valence-corrected chi connectivity index (χ4v) is 2.02. The number of carbonyl (C=O) groups is 1. The van der Waals surface area contributed by atoms with Crippen LogP contribution in [0.1, 0.15) is 46.5 Å². The Morgan fingerprint density at radius 2 is 1.82 bits per heavy atom. The lowest BCUT2D eigenvalue weighted by atomic mass is 10.1. The van der Waals surface area contributed by atoms with Crippen molar-refractivity contribution in [2.24, 2.45) is 5.92 Å². The molecule has 17 heavy (non-hydrogen) atoms. The maximum Gasteiger partial charge on any atom is 0.308 e. The molecule has 0 aliphatic carbocycles. The largest absolute Gasteiger partial charge is 0.469 e. The number of methoxy groups -OCH3 is 1. The number of nitrogens with zero attached hydrogens (tertiary/aromatic N) is 1. The second-order valence-electron chi connectivity index (χ2n) is 4.34. The van der Waals surface area contributed by atoms with Crippen LogP contribution in [-0.4, -0.2) is 36.1 Å². The Kier molecular flexibility index (Phi) is 9.04. The van der Waals surface area contributed by atoms with Gasteiger partial charge in [-0.05, 0) is 25.7 Å². The van der Waals surface area contributed by atoms with Crippen molar-refractivity contribution in [3.8, 4) is 0 Å². The highest BCUT2D eigenvalue weighted by Crippen LogP contribution is 2.11. The molecule has 0 amide bonds. The summed E-state index contributed by atoms with van der Waals surface area (Å²) in [5.41, 5.74) is 0. The SMILES string of the molecule is CCCN(CCC)C(=S)CCC(C)C(=O)OC. The number of hydrogen-bond acceptors (Lipinski definition) is 3. The quantitative estimate of drug-likeness (QED) is 0.495. The summed E-state index contributed by atoms with van der Waals surface area (Å²) in [6.07, 6.45) is 3.78. The van der Waals surface area contributed by atoms with Crippen molar-refractivity contribution in [1.29, 1.82) is 0 Å². The number of thiocarbonyl (C=S) groups is 1. The van der Waals surface area contributed by atoms with Crippen molar-refractivity contribution in [3.05, 3.63) is 0 Å². The molecule has 0 rings (SSSR count). The van der Waals surface area contributed by atoms with E-state index in [0.29, 0.717) is 0 Å². The van der Waals surface area contributed by atoms with Crippen LogP contribution in [0, 0.1) is 5.92 Å². The number of ether oxygens (including phenoxy) is 1. The molecule has 0 fully saturated rings. The molecule has 0 aliphatic heterocycles. The van der Waals surface area contributed by atoms with Crippen LogP contribution in [-0.2, 0) is 9.53 Å². The molecule has 0 aromatic heterocycles. The summed E-state index contributed by atoms with van der Waals surface area (Å²) in [4.78, 5) is 14.5. The van der Waals surface area contributed by atoms with Gasteiger partial charge < -0.3 is 9.64 Å². The van der Waals surface area contributed by atoms with Crippen molar-refractivity contribution in [1.82, 2.24) is 4.90 Å². The van der Waals surface area contributed by atoms with Crippen LogP contribution in [0.4, 0.5) is 0 Å². The molecule has 0 N–H and O–H groups in total. The van der Waals surface area contributed by atoms with Gasteiger partial charge in [-0.3, -0.25) is 4.79 Å². The summed E-state index contributed by atoms with van der Waals surface area (Å²) >= 11 is 5.42. The topological polar surface area (TPSA) is 29.5 Å². The van der Waals surface area contributed by atoms with Gasteiger partial charge in [-0.15, -0.1) is 0 Å². The van der Waals surface area contributed by atoms with E-state index >= 15 is 0 Å². The standard InChI is InChI=1S/C13H25NO2S/c1-5-9-14(10-6-2)12(17)8-7-11(3)13(15)16-4/h11H,5-10H2,1-4H3.